The minimum atomic E-state index is -0.563. The second-order valence-corrected chi connectivity index (χ2v) is 7.88. The van der Waals surface area contributed by atoms with Gasteiger partial charge in [-0.15, -0.1) is 10.2 Å². The molecule has 1 aromatic carbocycles. The lowest BCUT2D eigenvalue weighted by Crippen LogP contribution is -2.14. The summed E-state index contributed by atoms with van der Waals surface area (Å²) >= 11 is 9.07. The molecule has 0 spiro atoms. The summed E-state index contributed by atoms with van der Waals surface area (Å²) in [5.74, 6) is 0.0187. The number of halogens is 1. The summed E-state index contributed by atoms with van der Waals surface area (Å²) in [5, 5.41) is 21.7. The molecule has 0 bridgehead atoms. The van der Waals surface area contributed by atoms with Gasteiger partial charge in [-0.1, -0.05) is 34.7 Å². The number of rotatable bonds is 7. The molecule has 2 heterocycles. The predicted octanol–water partition coefficient (Wildman–Crippen LogP) is 3.78. The third-order valence-electron chi connectivity index (χ3n) is 3.48. The molecule has 0 unspecified atom stereocenters. The predicted molar refractivity (Wildman–Crippen MR) is 102 cm³/mol. The first-order valence-electron chi connectivity index (χ1n) is 7.64. The van der Waals surface area contributed by atoms with Crippen LogP contribution >= 0.6 is 34.7 Å². The number of aryl methyl sites for hydroxylation is 2. The van der Waals surface area contributed by atoms with Gasteiger partial charge in [0.2, 0.25) is 11.7 Å². The van der Waals surface area contributed by atoms with Crippen molar-refractivity contribution >= 4 is 52.1 Å². The highest BCUT2D eigenvalue weighted by Gasteiger charge is 2.16. The fourth-order valence-corrected chi connectivity index (χ4v) is 3.95. The summed E-state index contributed by atoms with van der Waals surface area (Å²) in [6.07, 6.45) is 1.46. The first-order chi connectivity index (χ1) is 12.9. The zero-order valence-electron chi connectivity index (χ0n) is 14.0. The molecule has 9 nitrogen and oxygen atoms in total. The zero-order chi connectivity index (χ0) is 19.4. The minimum absolute atomic E-state index is 0.146. The Morgan fingerprint density at radius 3 is 2.93 bits per heavy atom. The van der Waals surface area contributed by atoms with Crippen LogP contribution in [0.5, 0.6) is 0 Å². The van der Waals surface area contributed by atoms with Gasteiger partial charge in [0, 0.05) is 30.5 Å². The molecule has 0 aliphatic carbocycles. The third-order valence-corrected chi connectivity index (χ3v) is 5.76. The van der Waals surface area contributed by atoms with E-state index in [2.05, 4.69) is 20.5 Å². The van der Waals surface area contributed by atoms with Gasteiger partial charge in [0.05, 0.1) is 5.02 Å². The zero-order valence-corrected chi connectivity index (χ0v) is 16.3. The number of aromatic nitrogens is 4. The highest BCUT2D eigenvalue weighted by molar-refractivity contribution is 8.01. The topological polar surface area (TPSA) is 116 Å². The van der Waals surface area contributed by atoms with E-state index in [9.17, 15) is 14.9 Å². The Morgan fingerprint density at radius 1 is 1.48 bits per heavy atom. The molecular weight excluding hydrogens is 412 g/mol. The Morgan fingerprint density at radius 2 is 2.30 bits per heavy atom. The molecule has 27 heavy (non-hydrogen) atoms. The van der Waals surface area contributed by atoms with Crippen molar-refractivity contribution in [2.24, 2.45) is 0 Å². The lowest BCUT2D eigenvalue weighted by Gasteiger charge is -2.08. The van der Waals surface area contributed by atoms with Crippen LogP contribution in [0.4, 0.5) is 11.5 Å². The first-order valence-corrected chi connectivity index (χ1v) is 9.71. The Kier molecular flexibility index (Phi) is 6.04. The van der Waals surface area contributed by atoms with Crippen LogP contribution in [0.25, 0.3) is 0 Å². The number of carbonyl (C=O) groups excluding carboxylic acids is 1. The van der Waals surface area contributed by atoms with Crippen molar-refractivity contribution in [1.29, 1.82) is 0 Å². The van der Waals surface area contributed by atoms with Crippen LogP contribution in [-0.4, -0.2) is 30.6 Å². The maximum atomic E-state index is 12.1. The van der Waals surface area contributed by atoms with E-state index in [0.717, 1.165) is 9.24 Å². The van der Waals surface area contributed by atoms with Crippen LogP contribution in [0.1, 0.15) is 12.2 Å². The van der Waals surface area contributed by atoms with Gasteiger partial charge >= 0.3 is 5.82 Å². The van der Waals surface area contributed by atoms with E-state index in [1.54, 1.807) is 35.2 Å². The molecule has 1 N–H and O–H groups in total. The van der Waals surface area contributed by atoms with Gasteiger partial charge < -0.3 is 20.0 Å². The number of hydrogen-bond donors (Lipinski definition) is 1. The normalized spacial score (nSPS) is 10.7. The van der Waals surface area contributed by atoms with E-state index in [4.69, 9.17) is 11.6 Å². The average Bonchev–Trinajstić information content (AvgIpc) is 3.25. The van der Waals surface area contributed by atoms with Crippen LogP contribution in [-0.2, 0) is 11.3 Å². The Labute approximate surface area is 166 Å². The molecule has 0 fully saturated rings. The molecular formula is C15H13ClN6O3S2. The van der Waals surface area contributed by atoms with E-state index in [1.807, 2.05) is 0 Å². The van der Waals surface area contributed by atoms with Crippen molar-refractivity contribution < 1.29 is 9.72 Å². The Bertz CT molecular complexity index is 976. The number of nitro groups is 1. The summed E-state index contributed by atoms with van der Waals surface area (Å²) in [6, 6.07) is 5.21. The number of benzene rings is 1. The van der Waals surface area contributed by atoms with E-state index >= 15 is 0 Å². The first kappa shape index (κ1) is 19.3. The van der Waals surface area contributed by atoms with Crippen molar-refractivity contribution in [1.82, 2.24) is 19.7 Å². The second-order valence-electron chi connectivity index (χ2n) is 5.35. The highest BCUT2D eigenvalue weighted by atomic mass is 35.5. The lowest BCUT2D eigenvalue weighted by molar-refractivity contribution is -0.389. The van der Waals surface area contributed by atoms with E-state index in [1.165, 1.54) is 29.3 Å². The third kappa shape index (κ3) is 5.02. The summed E-state index contributed by atoms with van der Waals surface area (Å²) in [4.78, 5) is 27.0. The molecule has 0 aliphatic heterocycles. The quantitative estimate of drug-likeness (QED) is 0.453. The van der Waals surface area contributed by atoms with Gasteiger partial charge in [0.15, 0.2) is 4.34 Å². The molecule has 0 radical (unpaired) electrons. The summed E-state index contributed by atoms with van der Waals surface area (Å²) in [7, 11) is 0. The van der Waals surface area contributed by atoms with Crippen LogP contribution in [0.15, 0.2) is 39.1 Å². The highest BCUT2D eigenvalue weighted by Crippen LogP contribution is 2.35. The molecule has 2 aromatic heterocycles. The van der Waals surface area contributed by atoms with Gasteiger partial charge in [0.1, 0.15) is 11.7 Å². The summed E-state index contributed by atoms with van der Waals surface area (Å²) in [5.41, 5.74) is 2.21. The van der Waals surface area contributed by atoms with Gasteiger partial charge in [-0.05, 0) is 28.1 Å². The van der Waals surface area contributed by atoms with E-state index in [-0.39, 0.29) is 24.7 Å². The molecule has 1 amide bonds. The van der Waals surface area contributed by atoms with Crippen molar-refractivity contribution in [3.63, 3.8) is 0 Å². The molecule has 0 saturated carbocycles. The SMILES string of the molecule is Cc1nc([N+](=O)[O-])cn1CCC(=O)Nc1ccc(Sc2nncs2)c(Cl)c1. The number of imidazole rings is 1. The summed E-state index contributed by atoms with van der Waals surface area (Å²) < 4.78 is 2.35. The number of carbonyl (C=O) groups is 1. The second kappa shape index (κ2) is 8.46. The standard InChI is InChI=1S/C15H13ClN6O3S2/c1-9-18-13(22(24)25)7-21(9)5-4-14(23)19-10-2-3-12(11(16)6-10)27-15-20-17-8-26-15/h2-3,6-8H,4-5H2,1H3,(H,19,23). The average molecular weight is 425 g/mol. The summed E-state index contributed by atoms with van der Waals surface area (Å²) in [6.45, 7) is 1.94. The molecule has 3 rings (SSSR count). The lowest BCUT2D eigenvalue weighted by atomic mass is 10.3. The number of amides is 1. The maximum absolute atomic E-state index is 12.1. The van der Waals surface area contributed by atoms with Crippen LogP contribution in [0, 0.1) is 17.0 Å². The molecule has 0 saturated heterocycles. The minimum Gasteiger partial charge on any atom is -0.358 e. The van der Waals surface area contributed by atoms with E-state index in [0.29, 0.717) is 16.5 Å². The van der Waals surface area contributed by atoms with Crippen LogP contribution < -0.4 is 5.32 Å². The van der Waals surface area contributed by atoms with Crippen molar-refractivity contribution in [2.75, 3.05) is 5.32 Å². The maximum Gasteiger partial charge on any atom is 0.381 e. The number of nitrogens with one attached hydrogen (secondary N) is 1. The van der Waals surface area contributed by atoms with Gasteiger partial charge in [-0.25, -0.2) is 0 Å². The molecule has 140 valence electrons. The van der Waals surface area contributed by atoms with Gasteiger partial charge in [-0.2, -0.15) is 0 Å². The van der Waals surface area contributed by atoms with Gasteiger partial charge in [0.25, 0.3) is 0 Å². The fourth-order valence-electron chi connectivity index (χ4n) is 2.21. The van der Waals surface area contributed by atoms with Crippen LogP contribution in [0.3, 0.4) is 0 Å². The molecule has 12 heteroatoms. The Hall–Kier alpha value is -2.50. The molecule has 0 atom stereocenters. The molecule has 0 aliphatic rings. The smallest absolute Gasteiger partial charge is 0.358 e. The van der Waals surface area contributed by atoms with Crippen LogP contribution in [0.2, 0.25) is 5.02 Å². The van der Waals surface area contributed by atoms with Crippen molar-refractivity contribution in [3.05, 3.63) is 50.9 Å². The van der Waals surface area contributed by atoms with Crippen molar-refractivity contribution in [2.45, 2.75) is 29.1 Å². The van der Waals surface area contributed by atoms with Crippen molar-refractivity contribution in [3.8, 4) is 0 Å². The van der Waals surface area contributed by atoms with E-state index < -0.39 is 4.92 Å². The monoisotopic (exact) mass is 424 g/mol. The number of nitrogens with zero attached hydrogens (tertiary/aromatic N) is 5. The largest absolute Gasteiger partial charge is 0.381 e. The number of hydrogen-bond acceptors (Lipinski definition) is 8. The van der Waals surface area contributed by atoms with Gasteiger partial charge in [-0.3, -0.25) is 4.79 Å². The number of anilines is 1. The molecule has 3 aromatic rings. The Balaban J connectivity index is 1.57. The fraction of sp³-hybridized carbons (Fsp3) is 0.200.